The number of benzene rings is 1. The molecule has 1 N–H and O–H groups in total. The summed E-state index contributed by atoms with van der Waals surface area (Å²) in [6.07, 6.45) is 0. The molecule has 3 nitrogen and oxygen atoms in total. The minimum Gasteiger partial charge on any atom is -0.363 e. The molecule has 0 atom stereocenters. The average molecular weight is 202 g/mol. The van der Waals surface area contributed by atoms with E-state index in [0.29, 0.717) is 0 Å². The van der Waals surface area contributed by atoms with Crippen LogP contribution in [-0.2, 0) is 0 Å². The van der Waals surface area contributed by atoms with Crippen LogP contribution in [0.2, 0.25) is 0 Å². The fourth-order valence-electron chi connectivity index (χ4n) is 1.09. The molecule has 0 aliphatic rings. The first-order valence-corrected chi connectivity index (χ1v) is 5.11. The van der Waals surface area contributed by atoms with Crippen molar-refractivity contribution in [2.75, 3.05) is 12.4 Å². The van der Waals surface area contributed by atoms with E-state index in [4.69, 9.17) is 0 Å². The third kappa shape index (κ3) is 2.11. The first-order chi connectivity index (χ1) is 6.88. The molecule has 1 radical (unpaired) electrons. The largest absolute Gasteiger partial charge is 0.363 e. The Hall–Kier alpha value is -1.36. The van der Waals surface area contributed by atoms with E-state index in [9.17, 15) is 0 Å². The van der Waals surface area contributed by atoms with Crippen molar-refractivity contribution in [1.29, 1.82) is 0 Å². The van der Waals surface area contributed by atoms with Crippen molar-refractivity contribution < 1.29 is 0 Å². The summed E-state index contributed by atoms with van der Waals surface area (Å²) in [7, 11) is 3.85. The molecule has 0 fully saturated rings. The van der Waals surface area contributed by atoms with Crippen molar-refractivity contribution in [3.8, 4) is 0 Å². The predicted molar refractivity (Wildman–Crippen MR) is 60.9 cm³/mol. The summed E-state index contributed by atoms with van der Waals surface area (Å²) in [5.74, 6) is 0. The van der Waals surface area contributed by atoms with Crippen molar-refractivity contribution in [2.45, 2.75) is 0 Å². The molecule has 2 rings (SSSR count). The van der Waals surface area contributed by atoms with Gasteiger partial charge in [-0.2, -0.15) is 5.10 Å². The van der Waals surface area contributed by atoms with E-state index in [1.807, 2.05) is 44.7 Å². The number of hydrogen-bond acceptors (Lipinski definition) is 4. The minimum absolute atomic E-state index is 0.840. The third-order valence-electron chi connectivity index (χ3n) is 1.74. The van der Waals surface area contributed by atoms with Crippen LogP contribution < -0.4 is 15.7 Å². The number of rotatable bonds is 3. The fourth-order valence-corrected chi connectivity index (χ4v) is 1.74. The van der Waals surface area contributed by atoms with Gasteiger partial charge in [-0.15, -0.1) is 5.10 Å². The van der Waals surface area contributed by atoms with Crippen molar-refractivity contribution in [2.24, 2.45) is 0 Å². The van der Waals surface area contributed by atoms with Gasteiger partial charge in [0.15, 0.2) is 0 Å². The van der Waals surface area contributed by atoms with Gasteiger partial charge in [-0.25, -0.2) is 0 Å². The van der Waals surface area contributed by atoms with Gasteiger partial charge in [-0.1, -0.05) is 47.1 Å². The van der Waals surface area contributed by atoms with Gasteiger partial charge >= 0.3 is 0 Å². The van der Waals surface area contributed by atoms with Gasteiger partial charge in [-0.3, -0.25) is 0 Å². The molecule has 1 aromatic carbocycles. The quantitative estimate of drug-likeness (QED) is 0.724. The van der Waals surface area contributed by atoms with Crippen LogP contribution in [0.3, 0.4) is 0 Å². The summed E-state index contributed by atoms with van der Waals surface area (Å²) < 4.78 is 0. The van der Waals surface area contributed by atoms with Gasteiger partial charge < -0.3 is 5.32 Å². The Labute approximate surface area is 87.4 Å². The molecule has 0 amide bonds. The zero-order valence-electron chi connectivity index (χ0n) is 7.77. The zero-order valence-corrected chi connectivity index (χ0v) is 8.58. The highest BCUT2D eigenvalue weighted by atomic mass is 32.1. The second kappa shape index (κ2) is 4.24. The Balaban J connectivity index is 2.11. The molecule has 0 bridgehead atoms. The summed E-state index contributed by atoms with van der Waals surface area (Å²) in [5, 5.41) is 11.8. The number of hydrogen-bond donors (Lipinski definition) is 1. The van der Waals surface area contributed by atoms with Crippen LogP contribution in [0.5, 0.6) is 0 Å². The monoisotopic (exact) mass is 202 g/mol. The van der Waals surface area contributed by atoms with Gasteiger partial charge in [0.1, 0.15) is 0 Å². The van der Waals surface area contributed by atoms with Crippen LogP contribution in [0.1, 0.15) is 0 Å². The SMILES string of the molecule is CNc1nnc([B]c2ccccc2)s1. The summed E-state index contributed by atoms with van der Waals surface area (Å²) in [5.41, 5.74) is 1.14. The van der Waals surface area contributed by atoms with E-state index in [0.717, 1.165) is 15.5 Å². The standard InChI is InChI=1S/C9H9BN3S/c1-11-9-13-12-8(14-9)10-7-5-3-2-4-6-7/h2-6H,1H3,(H,11,13). The molecule has 69 valence electrons. The van der Waals surface area contributed by atoms with Crippen LogP contribution >= 0.6 is 11.3 Å². The zero-order chi connectivity index (χ0) is 9.80. The van der Waals surface area contributed by atoms with E-state index in [-0.39, 0.29) is 0 Å². The van der Waals surface area contributed by atoms with Crippen LogP contribution in [0, 0.1) is 0 Å². The summed E-state index contributed by atoms with van der Waals surface area (Å²) >= 11 is 1.54. The fraction of sp³-hybridized carbons (Fsp3) is 0.111. The van der Waals surface area contributed by atoms with Gasteiger partial charge in [0.05, 0.1) is 4.91 Å². The highest BCUT2D eigenvalue weighted by Gasteiger charge is 2.04. The van der Waals surface area contributed by atoms with E-state index in [2.05, 4.69) is 15.5 Å². The lowest BCUT2D eigenvalue weighted by molar-refractivity contribution is 1.11. The topological polar surface area (TPSA) is 37.8 Å². The molecular weight excluding hydrogens is 193 g/mol. The van der Waals surface area contributed by atoms with E-state index < -0.39 is 0 Å². The Morgan fingerprint density at radius 2 is 2.00 bits per heavy atom. The Kier molecular flexibility index (Phi) is 2.79. The van der Waals surface area contributed by atoms with Crippen LogP contribution in [0.15, 0.2) is 30.3 Å². The molecule has 0 aliphatic carbocycles. The molecule has 5 heteroatoms. The van der Waals surface area contributed by atoms with Gasteiger partial charge in [0.25, 0.3) is 0 Å². The Bertz CT molecular complexity index is 401. The van der Waals surface area contributed by atoms with E-state index >= 15 is 0 Å². The maximum absolute atomic E-state index is 4.03. The molecule has 0 aliphatic heterocycles. The van der Waals surface area contributed by atoms with Crippen LogP contribution in [0.25, 0.3) is 0 Å². The summed E-state index contributed by atoms with van der Waals surface area (Å²) in [4.78, 5) is 0.917. The number of aromatic nitrogens is 2. The Morgan fingerprint density at radius 3 is 2.64 bits per heavy atom. The second-order valence-electron chi connectivity index (χ2n) is 2.75. The third-order valence-corrected chi connectivity index (χ3v) is 2.63. The van der Waals surface area contributed by atoms with Crippen molar-refractivity contribution in [3.05, 3.63) is 30.3 Å². The average Bonchev–Trinajstić information content (AvgIpc) is 2.67. The van der Waals surface area contributed by atoms with Gasteiger partial charge in [0.2, 0.25) is 12.4 Å². The normalized spacial score (nSPS) is 9.79. The summed E-state index contributed by atoms with van der Waals surface area (Å²) in [6, 6.07) is 10.1. The molecule has 0 spiro atoms. The first kappa shape index (κ1) is 9.21. The molecule has 1 heterocycles. The molecule has 0 unspecified atom stereocenters. The minimum atomic E-state index is 0.840. The first-order valence-electron chi connectivity index (χ1n) is 4.29. The lowest BCUT2D eigenvalue weighted by Gasteiger charge is -1.92. The van der Waals surface area contributed by atoms with Crippen LogP contribution in [-0.4, -0.2) is 24.5 Å². The predicted octanol–water partition coefficient (Wildman–Crippen LogP) is 0.235. The molecule has 2 aromatic rings. The van der Waals surface area contributed by atoms with Crippen molar-refractivity contribution in [3.63, 3.8) is 0 Å². The van der Waals surface area contributed by atoms with Gasteiger partial charge in [0, 0.05) is 7.05 Å². The van der Waals surface area contributed by atoms with E-state index in [1.165, 1.54) is 11.3 Å². The molecule has 14 heavy (non-hydrogen) atoms. The molecule has 0 saturated heterocycles. The van der Waals surface area contributed by atoms with Crippen molar-refractivity contribution in [1.82, 2.24) is 10.2 Å². The molecule has 0 saturated carbocycles. The van der Waals surface area contributed by atoms with Gasteiger partial charge in [-0.05, 0) is 0 Å². The van der Waals surface area contributed by atoms with Crippen molar-refractivity contribution >= 4 is 34.1 Å². The lowest BCUT2D eigenvalue weighted by Crippen LogP contribution is -2.26. The second-order valence-corrected chi connectivity index (χ2v) is 3.76. The summed E-state index contributed by atoms with van der Waals surface area (Å²) in [6.45, 7) is 0. The van der Waals surface area contributed by atoms with E-state index in [1.54, 1.807) is 0 Å². The maximum Gasteiger partial charge on any atom is 0.233 e. The number of nitrogens with zero attached hydrogens (tertiary/aromatic N) is 2. The molecular formula is C9H9BN3S. The number of nitrogens with one attached hydrogen (secondary N) is 1. The smallest absolute Gasteiger partial charge is 0.233 e. The highest BCUT2D eigenvalue weighted by molar-refractivity contribution is 7.24. The van der Waals surface area contributed by atoms with Crippen LogP contribution in [0.4, 0.5) is 5.13 Å². The Morgan fingerprint density at radius 1 is 1.21 bits per heavy atom. The molecule has 1 aromatic heterocycles. The lowest BCUT2D eigenvalue weighted by atomic mass is 9.71. The maximum atomic E-state index is 4.03. The highest BCUT2D eigenvalue weighted by Crippen LogP contribution is 2.03. The number of anilines is 1.